The van der Waals surface area contributed by atoms with Gasteiger partial charge in [-0.1, -0.05) is 39.0 Å². The zero-order chi connectivity index (χ0) is 15.8. The fourth-order valence-corrected chi connectivity index (χ4v) is 1.85. The molecule has 128 valence electrons. The summed E-state index contributed by atoms with van der Waals surface area (Å²) in [5.41, 5.74) is 0. The van der Waals surface area contributed by atoms with Crippen molar-refractivity contribution in [3.05, 3.63) is 0 Å². The summed E-state index contributed by atoms with van der Waals surface area (Å²) in [6.07, 6.45) is 4.30. The van der Waals surface area contributed by atoms with Crippen molar-refractivity contribution in [1.82, 2.24) is 5.32 Å². The maximum atomic E-state index is 11.8. The predicted octanol–water partition coefficient (Wildman–Crippen LogP) is 2.60. The Hall–Kier alpha value is -0.300. The molecule has 21 heavy (non-hydrogen) atoms. The lowest BCUT2D eigenvalue weighted by atomic mass is 10.1. The Morgan fingerprint density at radius 1 is 0.952 bits per heavy atom. The first-order chi connectivity index (χ1) is 10.2. The number of rotatable bonds is 16. The Morgan fingerprint density at radius 3 is 2.33 bits per heavy atom. The summed E-state index contributed by atoms with van der Waals surface area (Å²) >= 11 is 0. The summed E-state index contributed by atoms with van der Waals surface area (Å²) in [4.78, 5) is 0. The maximum absolute atomic E-state index is 11.8. The van der Waals surface area contributed by atoms with Crippen LogP contribution in [0.15, 0.2) is 0 Å². The first kappa shape index (κ1) is 20.7. The minimum atomic E-state index is -2.43. The number of aliphatic hydroxyl groups excluding tert-OH is 1. The van der Waals surface area contributed by atoms with E-state index >= 15 is 0 Å². The predicted molar refractivity (Wildman–Crippen MR) is 79.9 cm³/mol. The quantitative estimate of drug-likeness (QED) is 0.430. The molecule has 0 aliphatic rings. The fraction of sp³-hybridized carbons (Fsp3) is 1.00. The molecule has 0 saturated heterocycles. The van der Waals surface area contributed by atoms with Gasteiger partial charge in [0.15, 0.2) is 0 Å². The van der Waals surface area contributed by atoms with Gasteiger partial charge in [0.2, 0.25) is 0 Å². The number of hydrogen-bond donors (Lipinski definition) is 2. The summed E-state index contributed by atoms with van der Waals surface area (Å²) in [6.45, 7) is 3.70. The number of unbranched alkanes of at least 4 members (excludes halogenated alkanes) is 5. The van der Waals surface area contributed by atoms with E-state index in [1.54, 1.807) is 0 Å². The van der Waals surface area contributed by atoms with Gasteiger partial charge in [-0.05, 0) is 6.42 Å². The van der Waals surface area contributed by atoms with E-state index in [-0.39, 0.29) is 6.61 Å². The lowest BCUT2D eigenvalue weighted by molar-refractivity contribution is 0.0150. The van der Waals surface area contributed by atoms with E-state index in [0.717, 1.165) is 6.42 Å². The molecule has 0 amide bonds. The Kier molecular flexibility index (Phi) is 15.8. The van der Waals surface area contributed by atoms with Crippen molar-refractivity contribution in [2.24, 2.45) is 0 Å². The van der Waals surface area contributed by atoms with E-state index in [2.05, 4.69) is 12.2 Å². The van der Waals surface area contributed by atoms with Crippen LogP contribution in [-0.4, -0.2) is 57.2 Å². The molecule has 6 heteroatoms. The van der Waals surface area contributed by atoms with Gasteiger partial charge in [0.1, 0.15) is 6.61 Å². The molecule has 0 aliphatic carbocycles. The van der Waals surface area contributed by atoms with Gasteiger partial charge in [0, 0.05) is 19.7 Å². The molecule has 0 aromatic carbocycles. The lowest BCUT2D eigenvalue weighted by Gasteiger charge is -2.12. The molecule has 0 rings (SSSR count). The van der Waals surface area contributed by atoms with Gasteiger partial charge >= 0.3 is 0 Å². The van der Waals surface area contributed by atoms with Crippen LogP contribution in [0.5, 0.6) is 0 Å². The molecular formula is C15H31F2NO3. The summed E-state index contributed by atoms with van der Waals surface area (Å²) in [5, 5.41) is 12.6. The van der Waals surface area contributed by atoms with Crippen LogP contribution in [0.2, 0.25) is 0 Å². The summed E-state index contributed by atoms with van der Waals surface area (Å²) in [7, 11) is 0. The molecule has 0 fully saturated rings. The van der Waals surface area contributed by atoms with Crippen LogP contribution in [0.1, 0.15) is 45.4 Å². The van der Waals surface area contributed by atoms with E-state index < -0.39 is 19.1 Å². The zero-order valence-corrected chi connectivity index (χ0v) is 13.2. The van der Waals surface area contributed by atoms with Gasteiger partial charge in [-0.2, -0.15) is 0 Å². The number of halogens is 2. The molecule has 4 nitrogen and oxygen atoms in total. The Balaban J connectivity index is 3.14. The molecule has 0 aromatic rings. The SMILES string of the molecule is CCCCCCCCOCC(O)CNCCOCC(F)F. The van der Waals surface area contributed by atoms with Crippen LogP contribution in [0.25, 0.3) is 0 Å². The van der Waals surface area contributed by atoms with Gasteiger partial charge in [-0.3, -0.25) is 0 Å². The monoisotopic (exact) mass is 311 g/mol. The second-order valence-electron chi connectivity index (χ2n) is 5.17. The van der Waals surface area contributed by atoms with Crippen LogP contribution in [0.4, 0.5) is 8.78 Å². The van der Waals surface area contributed by atoms with Crippen LogP contribution >= 0.6 is 0 Å². The average molecular weight is 311 g/mol. The molecule has 1 unspecified atom stereocenters. The highest BCUT2D eigenvalue weighted by Crippen LogP contribution is 2.04. The van der Waals surface area contributed by atoms with E-state index in [1.165, 1.54) is 32.1 Å². The highest BCUT2D eigenvalue weighted by Gasteiger charge is 2.04. The fourth-order valence-electron chi connectivity index (χ4n) is 1.85. The Labute approximate surface area is 127 Å². The van der Waals surface area contributed by atoms with E-state index in [9.17, 15) is 13.9 Å². The zero-order valence-electron chi connectivity index (χ0n) is 13.2. The average Bonchev–Trinajstić information content (AvgIpc) is 2.45. The van der Waals surface area contributed by atoms with Crippen LogP contribution in [0, 0.1) is 0 Å². The van der Waals surface area contributed by atoms with Gasteiger partial charge in [-0.15, -0.1) is 0 Å². The third kappa shape index (κ3) is 17.6. The van der Waals surface area contributed by atoms with E-state index in [4.69, 9.17) is 9.47 Å². The highest BCUT2D eigenvalue weighted by atomic mass is 19.3. The minimum absolute atomic E-state index is 0.218. The third-order valence-electron chi connectivity index (χ3n) is 3.00. The number of aliphatic hydroxyl groups is 1. The summed E-state index contributed by atoms with van der Waals surface area (Å²) < 4.78 is 33.6. The van der Waals surface area contributed by atoms with Crippen molar-refractivity contribution >= 4 is 0 Å². The van der Waals surface area contributed by atoms with Gasteiger partial charge in [-0.25, -0.2) is 8.78 Å². The highest BCUT2D eigenvalue weighted by molar-refractivity contribution is 4.58. The molecule has 0 aliphatic heterocycles. The number of hydrogen-bond acceptors (Lipinski definition) is 4. The van der Waals surface area contributed by atoms with Crippen LogP contribution in [0.3, 0.4) is 0 Å². The van der Waals surface area contributed by atoms with Gasteiger partial charge in [0.25, 0.3) is 6.43 Å². The summed E-state index contributed by atoms with van der Waals surface area (Å²) in [5.74, 6) is 0. The van der Waals surface area contributed by atoms with E-state index in [0.29, 0.717) is 26.3 Å². The van der Waals surface area contributed by atoms with Crippen LogP contribution < -0.4 is 5.32 Å². The van der Waals surface area contributed by atoms with Crippen molar-refractivity contribution < 1.29 is 23.4 Å². The normalized spacial score (nSPS) is 13.0. The molecular weight excluding hydrogens is 280 g/mol. The number of alkyl halides is 2. The molecule has 0 aromatic heterocycles. The van der Waals surface area contributed by atoms with Crippen LogP contribution in [-0.2, 0) is 9.47 Å². The maximum Gasteiger partial charge on any atom is 0.261 e. The second-order valence-corrected chi connectivity index (χ2v) is 5.17. The van der Waals surface area contributed by atoms with Crippen molar-refractivity contribution in [2.45, 2.75) is 58.0 Å². The Morgan fingerprint density at radius 2 is 1.62 bits per heavy atom. The van der Waals surface area contributed by atoms with E-state index in [1.807, 2.05) is 0 Å². The van der Waals surface area contributed by atoms with Crippen molar-refractivity contribution in [1.29, 1.82) is 0 Å². The lowest BCUT2D eigenvalue weighted by Crippen LogP contribution is -2.32. The standard InChI is InChI=1S/C15H31F2NO3/c1-2-3-4-5-6-7-9-20-12-14(19)11-18-8-10-21-13-15(16)17/h14-15,18-19H,2-13H2,1H3. The molecule has 0 radical (unpaired) electrons. The molecule has 0 saturated carbocycles. The molecule has 2 N–H and O–H groups in total. The van der Waals surface area contributed by atoms with Gasteiger partial charge < -0.3 is 19.9 Å². The smallest absolute Gasteiger partial charge is 0.261 e. The molecule has 0 bridgehead atoms. The second kappa shape index (κ2) is 16.1. The first-order valence-electron chi connectivity index (χ1n) is 7.99. The van der Waals surface area contributed by atoms with Crippen molar-refractivity contribution in [3.8, 4) is 0 Å². The minimum Gasteiger partial charge on any atom is -0.389 e. The third-order valence-corrected chi connectivity index (χ3v) is 3.00. The number of nitrogens with one attached hydrogen (secondary N) is 1. The molecule has 1 atom stereocenters. The largest absolute Gasteiger partial charge is 0.389 e. The Bertz CT molecular complexity index is 209. The van der Waals surface area contributed by atoms with Gasteiger partial charge in [0.05, 0.1) is 19.3 Å². The first-order valence-corrected chi connectivity index (χ1v) is 7.99. The van der Waals surface area contributed by atoms with Crippen molar-refractivity contribution in [3.63, 3.8) is 0 Å². The molecule has 0 heterocycles. The topological polar surface area (TPSA) is 50.7 Å². The number of ether oxygens (including phenoxy) is 2. The molecule has 0 spiro atoms. The van der Waals surface area contributed by atoms with Crippen molar-refractivity contribution in [2.75, 3.05) is 39.5 Å². The summed E-state index contributed by atoms with van der Waals surface area (Å²) in [6, 6.07) is 0.